The molecular formula is C15H16F3N3. The minimum Gasteiger partial charge on any atom is -0.369 e. The highest BCUT2D eigenvalue weighted by Gasteiger charge is 2.41. The average Bonchev–Trinajstić information content (AvgIpc) is 2.72. The number of alkyl halides is 3. The molecule has 1 aromatic heterocycles. The van der Waals surface area contributed by atoms with Gasteiger partial charge in [0.05, 0.1) is 5.92 Å². The number of nitrogens with zero attached hydrogens (tertiary/aromatic N) is 2. The Morgan fingerprint density at radius 2 is 2.10 bits per heavy atom. The van der Waals surface area contributed by atoms with Crippen LogP contribution >= 0.6 is 0 Å². The molecule has 0 aliphatic carbocycles. The molecule has 2 heterocycles. The minimum absolute atomic E-state index is 0.0233. The smallest absolute Gasteiger partial charge is 0.369 e. The van der Waals surface area contributed by atoms with E-state index in [1.165, 1.54) is 0 Å². The zero-order valence-electron chi connectivity index (χ0n) is 11.4. The van der Waals surface area contributed by atoms with E-state index < -0.39 is 12.1 Å². The maximum atomic E-state index is 13.0. The number of rotatable bonds is 1. The lowest BCUT2D eigenvalue weighted by Gasteiger charge is -2.28. The Bertz CT molecular complexity index is 622. The first-order valence-corrected chi connectivity index (χ1v) is 6.91. The van der Waals surface area contributed by atoms with E-state index in [-0.39, 0.29) is 13.1 Å². The lowest BCUT2D eigenvalue weighted by atomic mass is 10.1. The largest absolute Gasteiger partial charge is 0.394 e. The summed E-state index contributed by atoms with van der Waals surface area (Å²) in [5.74, 6) is -1.35. The lowest BCUT2D eigenvalue weighted by Crippen LogP contribution is -2.38. The highest BCUT2D eigenvalue weighted by Crippen LogP contribution is 2.31. The van der Waals surface area contributed by atoms with Crippen LogP contribution < -0.4 is 10.2 Å². The van der Waals surface area contributed by atoms with Gasteiger partial charge in [-0.3, -0.25) is 4.98 Å². The van der Waals surface area contributed by atoms with Crippen LogP contribution in [-0.2, 0) is 0 Å². The molecule has 21 heavy (non-hydrogen) atoms. The van der Waals surface area contributed by atoms with Gasteiger partial charge in [0.25, 0.3) is 0 Å². The van der Waals surface area contributed by atoms with Crippen LogP contribution in [-0.4, -0.2) is 37.3 Å². The van der Waals surface area contributed by atoms with Gasteiger partial charge in [0, 0.05) is 49.6 Å². The van der Waals surface area contributed by atoms with E-state index in [1.54, 1.807) is 12.4 Å². The van der Waals surface area contributed by atoms with Crippen molar-refractivity contribution in [2.75, 3.05) is 31.1 Å². The molecular weight excluding hydrogens is 279 g/mol. The quantitative estimate of drug-likeness (QED) is 0.877. The van der Waals surface area contributed by atoms with E-state index >= 15 is 0 Å². The van der Waals surface area contributed by atoms with Gasteiger partial charge in [-0.05, 0) is 17.5 Å². The fourth-order valence-electron chi connectivity index (χ4n) is 2.72. The second kappa shape index (κ2) is 5.52. The van der Waals surface area contributed by atoms with E-state index in [0.717, 1.165) is 16.5 Å². The summed E-state index contributed by atoms with van der Waals surface area (Å²) in [6.45, 7) is 1.05. The first-order valence-electron chi connectivity index (χ1n) is 6.91. The van der Waals surface area contributed by atoms with Crippen molar-refractivity contribution < 1.29 is 13.2 Å². The van der Waals surface area contributed by atoms with Crippen LogP contribution in [0.2, 0.25) is 0 Å². The Hall–Kier alpha value is -1.82. The number of hydrogen-bond acceptors (Lipinski definition) is 3. The topological polar surface area (TPSA) is 28.2 Å². The first kappa shape index (κ1) is 14.1. The van der Waals surface area contributed by atoms with E-state index in [4.69, 9.17) is 0 Å². The van der Waals surface area contributed by atoms with Crippen LogP contribution in [0, 0.1) is 5.92 Å². The first-order chi connectivity index (χ1) is 10.1. The number of fused-ring (bicyclic) bond motifs is 1. The predicted octanol–water partition coefficient (Wildman–Crippen LogP) is 2.82. The zero-order valence-corrected chi connectivity index (χ0v) is 11.4. The van der Waals surface area contributed by atoms with Gasteiger partial charge in [0.2, 0.25) is 0 Å². The van der Waals surface area contributed by atoms with Crippen molar-refractivity contribution in [1.29, 1.82) is 0 Å². The molecule has 0 bridgehead atoms. The molecule has 1 unspecified atom stereocenters. The Kier molecular flexibility index (Phi) is 3.71. The molecule has 112 valence electrons. The van der Waals surface area contributed by atoms with Crippen molar-refractivity contribution in [2.45, 2.75) is 6.18 Å². The summed E-state index contributed by atoms with van der Waals surface area (Å²) in [5, 5.41) is 4.76. The summed E-state index contributed by atoms with van der Waals surface area (Å²) in [6.07, 6.45) is -0.779. The Balaban J connectivity index is 1.97. The summed E-state index contributed by atoms with van der Waals surface area (Å²) >= 11 is 0. The lowest BCUT2D eigenvalue weighted by molar-refractivity contribution is -0.169. The van der Waals surface area contributed by atoms with Crippen molar-refractivity contribution >= 4 is 16.5 Å². The Morgan fingerprint density at radius 3 is 2.90 bits per heavy atom. The molecule has 1 aromatic carbocycles. The van der Waals surface area contributed by atoms with Gasteiger partial charge in [0.15, 0.2) is 0 Å². The summed E-state index contributed by atoms with van der Waals surface area (Å²) in [5.41, 5.74) is 0.818. The van der Waals surface area contributed by atoms with Crippen molar-refractivity contribution in [3.05, 3.63) is 36.7 Å². The van der Waals surface area contributed by atoms with E-state index in [0.29, 0.717) is 13.1 Å². The molecule has 3 nitrogen and oxygen atoms in total. The van der Waals surface area contributed by atoms with E-state index in [9.17, 15) is 13.2 Å². The molecule has 1 saturated heterocycles. The van der Waals surface area contributed by atoms with Gasteiger partial charge in [-0.25, -0.2) is 0 Å². The fraction of sp³-hybridized carbons (Fsp3) is 0.400. The molecule has 1 aliphatic heterocycles. The van der Waals surface area contributed by atoms with E-state index in [1.807, 2.05) is 29.2 Å². The number of pyridine rings is 1. The van der Waals surface area contributed by atoms with Gasteiger partial charge < -0.3 is 10.2 Å². The molecule has 1 aliphatic rings. The zero-order chi connectivity index (χ0) is 14.9. The number of nitrogens with one attached hydrogen (secondary N) is 1. The molecule has 1 atom stereocenters. The number of halogens is 3. The molecule has 1 fully saturated rings. The van der Waals surface area contributed by atoms with Crippen LogP contribution in [0.25, 0.3) is 10.8 Å². The van der Waals surface area contributed by atoms with Crippen LogP contribution in [0.1, 0.15) is 0 Å². The summed E-state index contributed by atoms with van der Waals surface area (Å²) in [7, 11) is 0. The van der Waals surface area contributed by atoms with Crippen molar-refractivity contribution in [1.82, 2.24) is 10.3 Å². The predicted molar refractivity (Wildman–Crippen MR) is 76.4 cm³/mol. The van der Waals surface area contributed by atoms with Crippen molar-refractivity contribution in [3.8, 4) is 0 Å². The minimum atomic E-state index is -4.18. The molecule has 2 aromatic rings. The maximum Gasteiger partial charge on any atom is 0.394 e. The fourth-order valence-corrected chi connectivity index (χ4v) is 2.72. The van der Waals surface area contributed by atoms with Gasteiger partial charge >= 0.3 is 6.18 Å². The third kappa shape index (κ3) is 2.95. The van der Waals surface area contributed by atoms with Crippen LogP contribution in [0.3, 0.4) is 0 Å². The normalized spacial score (nSPS) is 20.5. The van der Waals surface area contributed by atoms with Crippen LogP contribution in [0.4, 0.5) is 18.9 Å². The molecule has 0 amide bonds. The molecule has 0 spiro atoms. The monoisotopic (exact) mass is 295 g/mol. The molecule has 6 heteroatoms. The average molecular weight is 295 g/mol. The second-order valence-electron chi connectivity index (χ2n) is 5.26. The Labute approximate surface area is 120 Å². The summed E-state index contributed by atoms with van der Waals surface area (Å²) < 4.78 is 39.1. The standard InChI is InChI=1S/C15H16F3N3/c16-15(17,18)12-8-20-6-7-21(10-12)14-3-1-2-11-4-5-19-9-13(11)14/h1-5,9,12,20H,6-8,10H2. The summed E-state index contributed by atoms with van der Waals surface area (Å²) in [6, 6.07) is 7.55. The van der Waals surface area contributed by atoms with Crippen LogP contribution in [0.15, 0.2) is 36.7 Å². The van der Waals surface area contributed by atoms with Crippen molar-refractivity contribution in [2.24, 2.45) is 5.92 Å². The highest BCUT2D eigenvalue weighted by atomic mass is 19.4. The Morgan fingerprint density at radius 1 is 1.24 bits per heavy atom. The third-order valence-electron chi connectivity index (χ3n) is 3.85. The van der Waals surface area contributed by atoms with Gasteiger partial charge in [0.1, 0.15) is 0 Å². The van der Waals surface area contributed by atoms with Crippen molar-refractivity contribution in [3.63, 3.8) is 0 Å². The van der Waals surface area contributed by atoms with Gasteiger partial charge in [-0.1, -0.05) is 12.1 Å². The SMILES string of the molecule is FC(F)(F)C1CNCCN(c2cccc3ccncc23)C1. The number of aromatic nitrogens is 1. The molecule has 3 rings (SSSR count). The summed E-state index contributed by atoms with van der Waals surface area (Å²) in [4.78, 5) is 5.90. The number of anilines is 1. The molecule has 1 N–H and O–H groups in total. The number of hydrogen-bond donors (Lipinski definition) is 1. The maximum absolute atomic E-state index is 13.0. The van der Waals surface area contributed by atoms with Gasteiger partial charge in [-0.2, -0.15) is 13.2 Å². The molecule has 0 radical (unpaired) electrons. The second-order valence-corrected chi connectivity index (χ2v) is 5.26. The van der Waals surface area contributed by atoms with E-state index in [2.05, 4.69) is 10.3 Å². The van der Waals surface area contributed by atoms with Gasteiger partial charge in [-0.15, -0.1) is 0 Å². The third-order valence-corrected chi connectivity index (χ3v) is 3.85. The number of benzene rings is 1. The van der Waals surface area contributed by atoms with Crippen LogP contribution in [0.5, 0.6) is 0 Å². The highest BCUT2D eigenvalue weighted by molar-refractivity contribution is 5.93. The molecule has 0 saturated carbocycles.